The largest absolute Gasteiger partial charge is 0.383 e. The van der Waals surface area contributed by atoms with Crippen LogP contribution in [-0.2, 0) is 4.79 Å². The SMILES string of the molecule is CC(O)(/C=C\CC1(C2=CCC3C(=O)CCC[C@]23C)CC1)CF. The van der Waals surface area contributed by atoms with Crippen molar-refractivity contribution in [1.82, 2.24) is 0 Å². The molecule has 0 aliphatic heterocycles. The van der Waals surface area contributed by atoms with Gasteiger partial charge in [0, 0.05) is 12.3 Å². The van der Waals surface area contributed by atoms with E-state index in [2.05, 4.69) is 13.0 Å². The molecule has 3 heteroatoms. The molecular weight excluding hydrogens is 279 g/mol. The maximum Gasteiger partial charge on any atom is 0.137 e. The van der Waals surface area contributed by atoms with Gasteiger partial charge in [0.2, 0.25) is 0 Å². The molecule has 0 aromatic rings. The number of hydrogen-bond donors (Lipinski definition) is 1. The van der Waals surface area contributed by atoms with Crippen molar-refractivity contribution >= 4 is 5.78 Å². The molecule has 3 aliphatic rings. The fraction of sp³-hybridized carbons (Fsp3) is 0.737. The average molecular weight is 306 g/mol. The summed E-state index contributed by atoms with van der Waals surface area (Å²) in [6.45, 7) is 3.01. The number of ketones is 1. The first-order valence-corrected chi connectivity index (χ1v) is 8.53. The molecule has 0 bridgehead atoms. The van der Waals surface area contributed by atoms with Gasteiger partial charge in [0.15, 0.2) is 0 Å². The third kappa shape index (κ3) is 2.58. The van der Waals surface area contributed by atoms with Crippen LogP contribution in [0.5, 0.6) is 0 Å². The second-order valence-corrected chi connectivity index (χ2v) is 8.02. The molecule has 2 unspecified atom stereocenters. The van der Waals surface area contributed by atoms with Crippen LogP contribution in [0.4, 0.5) is 4.39 Å². The minimum absolute atomic E-state index is 0.0439. The number of allylic oxidation sites excluding steroid dienone is 3. The van der Waals surface area contributed by atoms with Gasteiger partial charge in [0.05, 0.1) is 0 Å². The van der Waals surface area contributed by atoms with Gasteiger partial charge in [-0.25, -0.2) is 4.39 Å². The molecule has 0 aromatic heterocycles. The van der Waals surface area contributed by atoms with E-state index in [1.165, 1.54) is 12.5 Å². The van der Waals surface area contributed by atoms with E-state index in [-0.39, 0.29) is 16.7 Å². The first-order chi connectivity index (χ1) is 10.3. The lowest BCUT2D eigenvalue weighted by atomic mass is 9.62. The molecule has 1 N–H and O–H groups in total. The van der Waals surface area contributed by atoms with Crippen LogP contribution in [0.3, 0.4) is 0 Å². The molecule has 0 aromatic carbocycles. The first kappa shape index (κ1) is 15.9. The van der Waals surface area contributed by atoms with Gasteiger partial charge in [-0.1, -0.05) is 30.7 Å². The van der Waals surface area contributed by atoms with Gasteiger partial charge in [0.25, 0.3) is 0 Å². The van der Waals surface area contributed by atoms with Crippen molar-refractivity contribution in [2.75, 3.05) is 6.67 Å². The number of carbonyl (C=O) groups is 1. The molecular formula is C19H27FO2. The van der Waals surface area contributed by atoms with Crippen LogP contribution < -0.4 is 0 Å². The summed E-state index contributed by atoms with van der Waals surface area (Å²) in [5.74, 6) is 0.623. The zero-order valence-corrected chi connectivity index (χ0v) is 13.7. The summed E-state index contributed by atoms with van der Waals surface area (Å²) in [6.07, 6.45) is 12.8. The summed E-state index contributed by atoms with van der Waals surface area (Å²) in [4.78, 5) is 12.2. The fourth-order valence-corrected chi connectivity index (χ4v) is 4.66. The predicted molar refractivity (Wildman–Crippen MR) is 85.2 cm³/mol. The Morgan fingerprint density at radius 1 is 1.45 bits per heavy atom. The highest BCUT2D eigenvalue weighted by Crippen LogP contribution is 2.66. The quantitative estimate of drug-likeness (QED) is 0.775. The highest BCUT2D eigenvalue weighted by Gasteiger charge is 2.57. The molecule has 3 atom stereocenters. The molecule has 2 saturated carbocycles. The van der Waals surface area contributed by atoms with Crippen molar-refractivity contribution in [2.24, 2.45) is 16.7 Å². The molecule has 0 radical (unpaired) electrons. The molecule has 0 amide bonds. The van der Waals surface area contributed by atoms with Crippen LogP contribution in [-0.4, -0.2) is 23.2 Å². The van der Waals surface area contributed by atoms with Crippen molar-refractivity contribution in [3.8, 4) is 0 Å². The standard InChI is InChI=1S/C19H27FO2/c1-17(22,13-20)8-4-10-19(11-12-19)16-7-6-14-15(21)5-3-9-18(14,16)2/h4,7-8,14,22H,3,5-6,9-13H2,1-2H3/b8-4-/t14?,17?,18-/m0/s1. The Balaban J connectivity index is 1.75. The zero-order chi connectivity index (χ0) is 16.0. The van der Waals surface area contributed by atoms with Gasteiger partial charge < -0.3 is 5.11 Å². The van der Waals surface area contributed by atoms with Crippen LogP contribution in [0.1, 0.15) is 58.8 Å². The van der Waals surface area contributed by atoms with Crippen LogP contribution in [0.15, 0.2) is 23.8 Å². The highest BCUT2D eigenvalue weighted by atomic mass is 19.1. The number of Topliss-reactive ketones (excluding diaryl/α,β-unsaturated/α-hetero) is 1. The normalized spacial score (nSPS) is 36.1. The molecule has 0 spiro atoms. The van der Waals surface area contributed by atoms with Crippen molar-refractivity contribution in [1.29, 1.82) is 0 Å². The lowest BCUT2D eigenvalue weighted by Gasteiger charge is -2.41. The Hall–Kier alpha value is -0.960. The molecule has 122 valence electrons. The van der Waals surface area contributed by atoms with Gasteiger partial charge in [-0.2, -0.15) is 0 Å². The summed E-state index contributed by atoms with van der Waals surface area (Å²) in [5, 5.41) is 9.76. The summed E-state index contributed by atoms with van der Waals surface area (Å²) >= 11 is 0. The number of aliphatic hydroxyl groups is 1. The maximum absolute atomic E-state index is 12.7. The number of hydrogen-bond acceptors (Lipinski definition) is 2. The molecule has 2 nitrogen and oxygen atoms in total. The molecule has 0 heterocycles. The lowest BCUT2D eigenvalue weighted by molar-refractivity contribution is -0.128. The van der Waals surface area contributed by atoms with E-state index in [0.29, 0.717) is 5.78 Å². The van der Waals surface area contributed by atoms with Gasteiger partial charge >= 0.3 is 0 Å². The molecule has 2 fully saturated rings. The number of alkyl halides is 1. The van der Waals surface area contributed by atoms with E-state index < -0.39 is 12.3 Å². The average Bonchev–Trinajstić information content (AvgIpc) is 3.13. The minimum Gasteiger partial charge on any atom is -0.383 e. The third-order valence-corrected chi connectivity index (χ3v) is 6.13. The second-order valence-electron chi connectivity index (χ2n) is 8.02. The third-order valence-electron chi connectivity index (χ3n) is 6.13. The summed E-state index contributed by atoms with van der Waals surface area (Å²) in [7, 11) is 0. The Kier molecular flexibility index (Phi) is 3.83. The van der Waals surface area contributed by atoms with E-state index in [4.69, 9.17) is 0 Å². The smallest absolute Gasteiger partial charge is 0.137 e. The van der Waals surface area contributed by atoms with E-state index in [0.717, 1.165) is 44.9 Å². The lowest BCUT2D eigenvalue weighted by Crippen LogP contribution is -2.37. The molecule has 3 rings (SSSR count). The van der Waals surface area contributed by atoms with Gasteiger partial charge in [-0.05, 0) is 56.3 Å². The molecule has 3 aliphatic carbocycles. The number of carbonyl (C=O) groups excluding carboxylic acids is 1. The summed E-state index contributed by atoms with van der Waals surface area (Å²) < 4.78 is 12.7. The molecule has 0 saturated heterocycles. The number of halogens is 1. The Morgan fingerprint density at radius 2 is 2.18 bits per heavy atom. The molecule has 22 heavy (non-hydrogen) atoms. The van der Waals surface area contributed by atoms with E-state index in [9.17, 15) is 14.3 Å². The Bertz CT molecular complexity index is 528. The van der Waals surface area contributed by atoms with E-state index in [1.807, 2.05) is 6.08 Å². The topological polar surface area (TPSA) is 37.3 Å². The summed E-state index contributed by atoms with van der Waals surface area (Å²) in [5.41, 5.74) is 0.335. The predicted octanol–water partition coefficient (Wildman–Crippen LogP) is 4.14. The maximum atomic E-state index is 12.7. The van der Waals surface area contributed by atoms with Crippen molar-refractivity contribution in [3.05, 3.63) is 23.8 Å². The fourth-order valence-electron chi connectivity index (χ4n) is 4.66. The van der Waals surface area contributed by atoms with Gasteiger partial charge in [-0.3, -0.25) is 4.79 Å². The van der Waals surface area contributed by atoms with Gasteiger partial charge in [0.1, 0.15) is 18.1 Å². The number of fused-ring (bicyclic) bond motifs is 1. The van der Waals surface area contributed by atoms with Crippen LogP contribution in [0.2, 0.25) is 0 Å². The summed E-state index contributed by atoms with van der Waals surface area (Å²) in [6, 6.07) is 0. The Morgan fingerprint density at radius 3 is 2.82 bits per heavy atom. The second kappa shape index (κ2) is 5.30. The highest BCUT2D eigenvalue weighted by molar-refractivity contribution is 5.84. The minimum atomic E-state index is -1.35. The van der Waals surface area contributed by atoms with E-state index in [1.54, 1.807) is 6.08 Å². The van der Waals surface area contributed by atoms with Crippen molar-refractivity contribution in [3.63, 3.8) is 0 Å². The van der Waals surface area contributed by atoms with Crippen molar-refractivity contribution < 1.29 is 14.3 Å². The van der Waals surface area contributed by atoms with Crippen molar-refractivity contribution in [2.45, 2.75) is 64.4 Å². The first-order valence-electron chi connectivity index (χ1n) is 8.53. The van der Waals surface area contributed by atoms with Crippen LogP contribution in [0, 0.1) is 16.7 Å². The monoisotopic (exact) mass is 306 g/mol. The van der Waals surface area contributed by atoms with E-state index >= 15 is 0 Å². The zero-order valence-electron chi connectivity index (χ0n) is 13.7. The van der Waals surface area contributed by atoms with Crippen LogP contribution >= 0.6 is 0 Å². The van der Waals surface area contributed by atoms with Crippen LogP contribution in [0.25, 0.3) is 0 Å². The Labute approximate surface area is 132 Å². The number of rotatable bonds is 5. The van der Waals surface area contributed by atoms with Gasteiger partial charge in [-0.15, -0.1) is 0 Å².